The molecule has 0 saturated heterocycles. The van der Waals surface area contributed by atoms with Crippen LogP contribution in [0.5, 0.6) is 5.75 Å². The molecule has 0 radical (unpaired) electrons. The first-order valence-electron chi connectivity index (χ1n) is 6.70. The summed E-state index contributed by atoms with van der Waals surface area (Å²) in [6, 6.07) is 11.1. The van der Waals surface area contributed by atoms with E-state index in [-0.39, 0.29) is 12.5 Å². The van der Waals surface area contributed by atoms with Crippen molar-refractivity contribution in [2.24, 2.45) is 0 Å². The van der Waals surface area contributed by atoms with E-state index in [9.17, 15) is 9.59 Å². The Balaban J connectivity index is 1.68. The number of ether oxygens (including phenoxy) is 1. The van der Waals surface area contributed by atoms with Crippen molar-refractivity contribution in [2.75, 3.05) is 6.54 Å². The highest BCUT2D eigenvalue weighted by Crippen LogP contribution is 2.12. The van der Waals surface area contributed by atoms with E-state index in [2.05, 4.69) is 5.32 Å². The van der Waals surface area contributed by atoms with Crippen molar-refractivity contribution in [3.05, 3.63) is 52.2 Å². The van der Waals surface area contributed by atoms with E-state index in [1.807, 2.05) is 36.6 Å². The Morgan fingerprint density at radius 2 is 1.95 bits per heavy atom. The van der Waals surface area contributed by atoms with Crippen LogP contribution in [0, 0.1) is 6.92 Å². The highest BCUT2D eigenvalue weighted by molar-refractivity contribution is 7.09. The monoisotopic (exact) mass is 303 g/mol. The third kappa shape index (κ3) is 5.39. The van der Waals surface area contributed by atoms with E-state index in [4.69, 9.17) is 4.74 Å². The lowest BCUT2D eigenvalue weighted by Gasteiger charge is -2.06. The number of thiophene rings is 1. The summed E-state index contributed by atoms with van der Waals surface area (Å²) in [4.78, 5) is 24.4. The Hall–Kier alpha value is -2.14. The average Bonchev–Trinajstić information content (AvgIpc) is 2.99. The van der Waals surface area contributed by atoms with Gasteiger partial charge in [-0.05, 0) is 36.9 Å². The predicted octanol–water partition coefficient (Wildman–Crippen LogP) is 2.71. The molecule has 21 heavy (non-hydrogen) atoms. The highest BCUT2D eigenvalue weighted by Gasteiger charge is 2.08. The molecule has 0 bridgehead atoms. The first-order valence-corrected chi connectivity index (χ1v) is 7.58. The summed E-state index contributed by atoms with van der Waals surface area (Å²) in [6.07, 6.45) is 1.06. The molecule has 110 valence electrons. The first kappa shape index (κ1) is 15.3. The fourth-order valence-corrected chi connectivity index (χ4v) is 2.43. The maximum Gasteiger partial charge on any atom is 0.330 e. The van der Waals surface area contributed by atoms with Gasteiger partial charge < -0.3 is 10.1 Å². The average molecular weight is 303 g/mol. The van der Waals surface area contributed by atoms with Gasteiger partial charge >= 0.3 is 5.97 Å². The van der Waals surface area contributed by atoms with Gasteiger partial charge in [0.05, 0.1) is 0 Å². The van der Waals surface area contributed by atoms with Gasteiger partial charge in [-0.1, -0.05) is 23.8 Å². The topological polar surface area (TPSA) is 55.4 Å². The van der Waals surface area contributed by atoms with Crippen molar-refractivity contribution in [3.8, 4) is 5.75 Å². The molecule has 1 aromatic carbocycles. The minimum atomic E-state index is -0.469. The number of amides is 1. The predicted molar refractivity (Wildman–Crippen MR) is 82.5 cm³/mol. The Bertz CT molecular complexity index is 590. The largest absolute Gasteiger partial charge is 0.425 e. The van der Waals surface area contributed by atoms with Crippen molar-refractivity contribution in [2.45, 2.75) is 19.8 Å². The molecule has 1 N–H and O–H groups in total. The molecule has 0 aliphatic carbocycles. The second-order valence-electron chi connectivity index (χ2n) is 4.64. The van der Waals surface area contributed by atoms with Crippen LogP contribution in [0.2, 0.25) is 0 Å². The van der Waals surface area contributed by atoms with E-state index in [1.165, 1.54) is 0 Å². The highest BCUT2D eigenvalue weighted by atomic mass is 32.1. The quantitative estimate of drug-likeness (QED) is 0.659. The first-order chi connectivity index (χ1) is 10.1. The Morgan fingerprint density at radius 3 is 2.62 bits per heavy atom. The van der Waals surface area contributed by atoms with E-state index >= 15 is 0 Å². The third-order valence-corrected chi connectivity index (χ3v) is 3.80. The molecule has 1 aromatic heterocycles. The van der Waals surface area contributed by atoms with Crippen LogP contribution in [0.4, 0.5) is 0 Å². The standard InChI is InChI=1S/C16H17NO3S/c1-12-4-6-13(7-5-12)20-16(19)11-17-15(18)9-8-14-3-2-10-21-14/h2-7,10H,8-9,11H2,1H3,(H,17,18). The van der Waals surface area contributed by atoms with Gasteiger partial charge in [0.1, 0.15) is 12.3 Å². The number of aryl methyl sites for hydroxylation is 2. The van der Waals surface area contributed by atoms with Crippen LogP contribution < -0.4 is 10.1 Å². The number of benzene rings is 1. The minimum absolute atomic E-state index is 0.114. The molecule has 1 heterocycles. The second-order valence-corrected chi connectivity index (χ2v) is 5.68. The smallest absolute Gasteiger partial charge is 0.330 e. The maximum atomic E-state index is 11.6. The molecule has 0 saturated carbocycles. The zero-order valence-electron chi connectivity index (χ0n) is 11.8. The molecule has 2 rings (SSSR count). The Labute approximate surface area is 127 Å². The number of carbonyl (C=O) groups is 2. The molecular formula is C16H17NO3S. The van der Waals surface area contributed by atoms with Gasteiger partial charge in [-0.15, -0.1) is 11.3 Å². The van der Waals surface area contributed by atoms with Crippen LogP contribution in [0.3, 0.4) is 0 Å². The van der Waals surface area contributed by atoms with Gasteiger partial charge in [-0.3, -0.25) is 4.79 Å². The number of nitrogens with one attached hydrogen (secondary N) is 1. The van der Waals surface area contributed by atoms with Gasteiger partial charge in [-0.2, -0.15) is 0 Å². The summed E-state index contributed by atoms with van der Waals surface area (Å²) in [5.74, 6) is -0.133. The van der Waals surface area contributed by atoms with Crippen LogP contribution in [-0.2, 0) is 16.0 Å². The number of esters is 1. The SMILES string of the molecule is Cc1ccc(OC(=O)CNC(=O)CCc2cccs2)cc1. The molecule has 0 aliphatic rings. The molecule has 4 nitrogen and oxygen atoms in total. The number of carbonyl (C=O) groups excluding carboxylic acids is 2. The third-order valence-electron chi connectivity index (χ3n) is 2.86. The number of hydrogen-bond acceptors (Lipinski definition) is 4. The summed E-state index contributed by atoms with van der Waals surface area (Å²) in [6.45, 7) is 1.84. The summed E-state index contributed by atoms with van der Waals surface area (Å²) in [5.41, 5.74) is 1.09. The lowest BCUT2D eigenvalue weighted by Crippen LogP contribution is -2.31. The van der Waals surface area contributed by atoms with Crippen LogP contribution in [-0.4, -0.2) is 18.4 Å². The summed E-state index contributed by atoms with van der Waals surface area (Å²) < 4.78 is 5.12. The fraction of sp³-hybridized carbons (Fsp3) is 0.250. The van der Waals surface area contributed by atoms with E-state index in [0.29, 0.717) is 18.6 Å². The van der Waals surface area contributed by atoms with Gasteiger partial charge in [0.25, 0.3) is 0 Å². The van der Waals surface area contributed by atoms with Gasteiger partial charge in [0.15, 0.2) is 0 Å². The van der Waals surface area contributed by atoms with Crippen molar-refractivity contribution in [1.29, 1.82) is 0 Å². The summed E-state index contributed by atoms with van der Waals surface area (Å²) in [5, 5.41) is 4.55. The van der Waals surface area contributed by atoms with Crippen LogP contribution in [0.15, 0.2) is 41.8 Å². The molecule has 2 aromatic rings. The van der Waals surface area contributed by atoms with Crippen molar-refractivity contribution >= 4 is 23.2 Å². The van der Waals surface area contributed by atoms with E-state index in [0.717, 1.165) is 10.4 Å². The van der Waals surface area contributed by atoms with Crippen LogP contribution in [0.1, 0.15) is 16.9 Å². The summed E-state index contributed by atoms with van der Waals surface area (Å²) >= 11 is 1.62. The molecule has 0 atom stereocenters. The van der Waals surface area contributed by atoms with Gasteiger partial charge in [0, 0.05) is 11.3 Å². The number of rotatable bonds is 6. The minimum Gasteiger partial charge on any atom is -0.425 e. The Kier molecular flexibility index (Phi) is 5.51. The van der Waals surface area contributed by atoms with Crippen molar-refractivity contribution in [1.82, 2.24) is 5.32 Å². The lowest BCUT2D eigenvalue weighted by molar-refractivity contribution is -0.135. The fourth-order valence-electron chi connectivity index (χ4n) is 1.72. The lowest BCUT2D eigenvalue weighted by atomic mass is 10.2. The molecule has 0 fully saturated rings. The zero-order chi connectivity index (χ0) is 15.1. The molecule has 0 aliphatic heterocycles. The van der Waals surface area contributed by atoms with Crippen molar-refractivity contribution < 1.29 is 14.3 Å². The van der Waals surface area contributed by atoms with Crippen molar-refractivity contribution in [3.63, 3.8) is 0 Å². The zero-order valence-corrected chi connectivity index (χ0v) is 12.6. The normalized spacial score (nSPS) is 10.1. The molecule has 5 heteroatoms. The van der Waals surface area contributed by atoms with Gasteiger partial charge in [0.2, 0.25) is 5.91 Å². The second kappa shape index (κ2) is 7.59. The molecule has 1 amide bonds. The molecule has 0 spiro atoms. The molecule has 0 unspecified atom stereocenters. The van der Waals surface area contributed by atoms with Crippen LogP contribution in [0.25, 0.3) is 0 Å². The number of hydrogen-bond donors (Lipinski definition) is 1. The summed E-state index contributed by atoms with van der Waals surface area (Å²) in [7, 11) is 0. The Morgan fingerprint density at radius 1 is 1.19 bits per heavy atom. The van der Waals surface area contributed by atoms with Crippen LogP contribution >= 0.6 is 11.3 Å². The molecular weight excluding hydrogens is 286 g/mol. The van der Waals surface area contributed by atoms with Gasteiger partial charge in [-0.25, -0.2) is 4.79 Å². The van der Waals surface area contributed by atoms with E-state index < -0.39 is 5.97 Å². The maximum absolute atomic E-state index is 11.6. The van der Waals surface area contributed by atoms with E-state index in [1.54, 1.807) is 23.5 Å².